The lowest BCUT2D eigenvalue weighted by atomic mass is 9.93. The summed E-state index contributed by atoms with van der Waals surface area (Å²) >= 11 is 11.7. The van der Waals surface area contributed by atoms with Gasteiger partial charge in [-0.15, -0.1) is 10.2 Å². The van der Waals surface area contributed by atoms with Gasteiger partial charge in [0.25, 0.3) is 24.0 Å². The summed E-state index contributed by atoms with van der Waals surface area (Å²) in [6.07, 6.45) is 0.315. The molecule has 330 valence electrons. The molecule has 2 aromatic carbocycles. The fourth-order valence-corrected chi connectivity index (χ4v) is 7.62. The highest BCUT2D eigenvalue weighted by Gasteiger charge is 2.43. The summed E-state index contributed by atoms with van der Waals surface area (Å²) in [5.41, 5.74) is 0. The zero-order chi connectivity index (χ0) is 43.1. The molecule has 4 aromatic rings. The molecule has 2 unspecified atom stereocenters. The Morgan fingerprint density at radius 3 is 2.05 bits per heavy atom. The highest BCUT2D eigenvalue weighted by molar-refractivity contribution is 6.31. The molecule has 3 aliphatic rings. The third kappa shape index (κ3) is 11.5. The average molecular weight is 900 g/mol. The number of benzene rings is 2. The minimum Gasteiger partial charge on any atom is -0.484 e. The van der Waals surface area contributed by atoms with Crippen LogP contribution in [0.15, 0.2) is 45.2 Å². The first-order valence-electron chi connectivity index (χ1n) is 20.0. The summed E-state index contributed by atoms with van der Waals surface area (Å²) in [5, 5.41) is 25.1. The van der Waals surface area contributed by atoms with Gasteiger partial charge in [-0.25, -0.2) is 17.6 Å². The monoisotopic (exact) mass is 898 g/mol. The van der Waals surface area contributed by atoms with Gasteiger partial charge in [0.15, 0.2) is 6.61 Å². The first-order valence-corrected chi connectivity index (χ1v) is 20.7. The second-order valence-electron chi connectivity index (χ2n) is 15.0. The van der Waals surface area contributed by atoms with E-state index in [9.17, 15) is 27.2 Å². The number of piperidine rings is 2. The molecule has 3 N–H and O–H groups in total. The SMILES string of the molecule is CCCCOc1nnc([C@H]2CC[C@H](N(C(=O)C(NC(=O)COc3ccc(Cl)c(F)c3)Oc3ccc(Cl)c(F)c3)[C@H]3CC[C@H](c4nnc(OC5CCC(F)(F)C5)o4)NC3)CN2)o1. The number of alkyl halides is 2. The number of aromatic nitrogens is 4. The van der Waals surface area contributed by atoms with Crippen molar-refractivity contribution >= 4 is 35.0 Å². The number of nitrogens with zero attached hydrogens (tertiary/aromatic N) is 5. The molecule has 0 radical (unpaired) electrons. The van der Waals surface area contributed by atoms with Crippen molar-refractivity contribution in [2.24, 2.45) is 0 Å². The molecule has 3 fully saturated rings. The molecule has 2 aromatic heterocycles. The van der Waals surface area contributed by atoms with E-state index in [1.807, 2.05) is 6.92 Å². The van der Waals surface area contributed by atoms with Crippen LogP contribution >= 0.6 is 23.2 Å². The van der Waals surface area contributed by atoms with E-state index in [-0.39, 0.29) is 71.6 Å². The Bertz CT molecular complexity index is 2120. The minimum atomic E-state index is -2.81. The normalized spacial score (nSPS) is 22.9. The van der Waals surface area contributed by atoms with Gasteiger partial charge in [-0.2, -0.15) is 0 Å². The number of carbonyl (C=O) groups is 2. The molecule has 22 heteroatoms. The molecule has 1 saturated carbocycles. The maximum absolute atomic E-state index is 14.9. The van der Waals surface area contributed by atoms with Gasteiger partial charge in [-0.1, -0.05) is 46.7 Å². The van der Waals surface area contributed by atoms with Crippen LogP contribution in [0.3, 0.4) is 0 Å². The summed E-state index contributed by atoms with van der Waals surface area (Å²) in [6, 6.07) is 5.45. The molecular weight excluding hydrogens is 855 g/mol. The zero-order valence-corrected chi connectivity index (χ0v) is 34.4. The number of hydrogen-bond acceptors (Lipinski definition) is 14. The van der Waals surface area contributed by atoms with Crippen molar-refractivity contribution in [3.05, 3.63) is 69.9 Å². The van der Waals surface area contributed by atoms with E-state index >= 15 is 0 Å². The maximum Gasteiger partial charge on any atom is 0.414 e. The summed E-state index contributed by atoms with van der Waals surface area (Å²) in [7, 11) is 0. The van der Waals surface area contributed by atoms with E-state index in [0.717, 1.165) is 25.0 Å². The van der Waals surface area contributed by atoms with Crippen LogP contribution in [-0.2, 0) is 9.59 Å². The number of ether oxygens (including phenoxy) is 4. The van der Waals surface area contributed by atoms with Crippen LogP contribution in [0.25, 0.3) is 0 Å². The average Bonchev–Trinajstić information content (AvgIpc) is 4.00. The second-order valence-corrected chi connectivity index (χ2v) is 15.8. The van der Waals surface area contributed by atoms with E-state index in [1.54, 1.807) is 4.90 Å². The molecular formula is C39H44Cl2F4N8O8. The van der Waals surface area contributed by atoms with E-state index in [0.29, 0.717) is 38.2 Å². The van der Waals surface area contributed by atoms with Crippen molar-refractivity contribution in [1.82, 2.24) is 41.2 Å². The van der Waals surface area contributed by atoms with Crippen LogP contribution in [0.2, 0.25) is 10.0 Å². The fraction of sp³-hybridized carbons (Fsp3) is 0.538. The van der Waals surface area contributed by atoms with Gasteiger partial charge in [0.2, 0.25) is 11.8 Å². The van der Waals surface area contributed by atoms with E-state index < -0.39 is 72.9 Å². The first kappa shape index (κ1) is 44.1. The third-order valence-electron chi connectivity index (χ3n) is 10.5. The standard InChI is InChI=1S/C39H44Cl2F4N8O8/c1-2-3-14-56-37-51-49-33(60-37)30-10-4-21(18-46-30)53(22-5-11-31(47-19-22)34-50-52-38(61-34)59-25-12-13-39(44,45)17-25)36(55)35(58-24-7-9-27(41)29(43)16-24)48-32(54)20-57-23-6-8-26(40)28(42)15-23/h6-9,15-16,21-22,25,30-31,35,46-47H,2-5,10-14,17-20H2,1H3,(H,48,54)/t21-,22-,25?,30+,31+,35?/m0/s1. The van der Waals surface area contributed by atoms with Crippen molar-refractivity contribution in [1.29, 1.82) is 0 Å². The van der Waals surface area contributed by atoms with Gasteiger partial charge in [-0.05, 0) is 62.8 Å². The van der Waals surface area contributed by atoms with Crippen molar-refractivity contribution in [2.75, 3.05) is 26.3 Å². The van der Waals surface area contributed by atoms with Crippen LogP contribution in [-0.4, -0.2) is 93.8 Å². The Balaban J connectivity index is 1.08. The predicted octanol–water partition coefficient (Wildman–Crippen LogP) is 6.50. The first-order chi connectivity index (χ1) is 29.3. The van der Waals surface area contributed by atoms with Crippen molar-refractivity contribution < 1.29 is 54.9 Å². The smallest absolute Gasteiger partial charge is 0.414 e. The molecule has 2 amide bonds. The summed E-state index contributed by atoms with van der Waals surface area (Å²) in [4.78, 5) is 29.9. The van der Waals surface area contributed by atoms with Gasteiger partial charge >= 0.3 is 12.2 Å². The quantitative estimate of drug-likeness (QED) is 0.0592. The van der Waals surface area contributed by atoms with Gasteiger partial charge in [-0.3, -0.25) is 9.59 Å². The number of nitrogens with one attached hydrogen (secondary N) is 3. The van der Waals surface area contributed by atoms with Gasteiger partial charge < -0.3 is 48.6 Å². The fourth-order valence-electron chi connectivity index (χ4n) is 7.39. The van der Waals surface area contributed by atoms with Gasteiger partial charge in [0, 0.05) is 50.1 Å². The van der Waals surface area contributed by atoms with Gasteiger partial charge in [0.05, 0.1) is 28.7 Å². The van der Waals surface area contributed by atoms with Crippen molar-refractivity contribution in [3.63, 3.8) is 0 Å². The zero-order valence-electron chi connectivity index (χ0n) is 32.9. The Hall–Kier alpha value is -4.92. The number of unbranched alkanes of at least 4 members (excludes halogenated alkanes) is 1. The molecule has 2 saturated heterocycles. The lowest BCUT2D eigenvalue weighted by molar-refractivity contribution is -0.150. The highest BCUT2D eigenvalue weighted by atomic mass is 35.5. The van der Waals surface area contributed by atoms with Crippen molar-refractivity contribution in [2.45, 2.75) is 107 Å². The second kappa shape index (κ2) is 19.9. The molecule has 7 rings (SSSR count). The molecule has 1 aliphatic carbocycles. The number of amides is 2. The summed E-state index contributed by atoms with van der Waals surface area (Å²) in [5.74, 6) is -5.44. The minimum absolute atomic E-state index is 0.00816. The Kier molecular flexibility index (Phi) is 14.4. The molecule has 4 heterocycles. The van der Waals surface area contributed by atoms with Crippen LogP contribution in [0.4, 0.5) is 17.6 Å². The summed E-state index contributed by atoms with van der Waals surface area (Å²) < 4.78 is 90.2. The Morgan fingerprint density at radius 1 is 0.869 bits per heavy atom. The van der Waals surface area contributed by atoms with Crippen LogP contribution in [0.5, 0.6) is 23.7 Å². The van der Waals surface area contributed by atoms with Crippen LogP contribution in [0, 0.1) is 11.6 Å². The van der Waals surface area contributed by atoms with E-state index in [1.165, 1.54) is 24.3 Å². The Labute approximate surface area is 357 Å². The highest BCUT2D eigenvalue weighted by Crippen LogP contribution is 2.37. The Morgan fingerprint density at radius 2 is 1.48 bits per heavy atom. The third-order valence-corrected chi connectivity index (χ3v) is 11.1. The lowest BCUT2D eigenvalue weighted by Gasteiger charge is -2.44. The molecule has 2 aliphatic heterocycles. The van der Waals surface area contributed by atoms with Crippen molar-refractivity contribution in [3.8, 4) is 23.7 Å². The van der Waals surface area contributed by atoms with Crippen LogP contribution in [0.1, 0.15) is 88.6 Å². The predicted molar refractivity (Wildman–Crippen MR) is 207 cm³/mol. The molecule has 0 bridgehead atoms. The van der Waals surface area contributed by atoms with E-state index in [4.69, 9.17) is 51.0 Å². The number of carbonyl (C=O) groups excluding carboxylic acids is 2. The topological polar surface area (TPSA) is 188 Å². The van der Waals surface area contributed by atoms with E-state index in [2.05, 4.69) is 36.3 Å². The summed E-state index contributed by atoms with van der Waals surface area (Å²) in [6.45, 7) is 2.30. The largest absolute Gasteiger partial charge is 0.484 e. The number of hydrogen-bond donors (Lipinski definition) is 3. The molecule has 0 spiro atoms. The van der Waals surface area contributed by atoms with Gasteiger partial charge in [0.1, 0.15) is 29.2 Å². The molecule has 6 atom stereocenters. The molecule has 61 heavy (non-hydrogen) atoms. The molecule has 16 nitrogen and oxygen atoms in total. The number of rotatable bonds is 17. The van der Waals surface area contributed by atoms with Crippen LogP contribution < -0.4 is 34.9 Å². The maximum atomic E-state index is 14.9. The lowest BCUT2D eigenvalue weighted by Crippen LogP contribution is -2.63. The number of halogens is 6.